The van der Waals surface area contributed by atoms with Gasteiger partial charge in [0.1, 0.15) is 6.10 Å². The highest BCUT2D eigenvalue weighted by Gasteiger charge is 2.31. The van der Waals surface area contributed by atoms with Gasteiger partial charge in [0.25, 0.3) is 0 Å². The van der Waals surface area contributed by atoms with Crippen molar-refractivity contribution in [2.75, 3.05) is 23.3 Å². The fourth-order valence-electron chi connectivity index (χ4n) is 5.27. The van der Waals surface area contributed by atoms with Gasteiger partial charge in [0.2, 0.25) is 17.8 Å². The van der Waals surface area contributed by atoms with Crippen LogP contribution in [0.4, 0.5) is 25.1 Å². The van der Waals surface area contributed by atoms with Gasteiger partial charge in [0.15, 0.2) is 0 Å². The third kappa shape index (κ3) is 6.40. The van der Waals surface area contributed by atoms with E-state index in [1.807, 2.05) is 0 Å². The van der Waals surface area contributed by atoms with Crippen LogP contribution < -0.4 is 15.0 Å². The minimum atomic E-state index is -4.29. The maximum atomic E-state index is 12.9. The molecule has 38 heavy (non-hydrogen) atoms. The first-order valence-electron chi connectivity index (χ1n) is 13.1. The lowest BCUT2D eigenvalue weighted by molar-refractivity contribution is -0.136. The molecule has 1 saturated heterocycles. The van der Waals surface area contributed by atoms with Gasteiger partial charge in [-0.05, 0) is 44.6 Å². The van der Waals surface area contributed by atoms with Gasteiger partial charge in [-0.25, -0.2) is 24.9 Å². The number of hydrogen-bond acceptors (Lipinski definition) is 9. The van der Waals surface area contributed by atoms with E-state index in [-0.39, 0.29) is 24.1 Å². The lowest BCUT2D eigenvalue weighted by Crippen LogP contribution is -2.39. The number of aliphatic hydroxyl groups excluding tert-OH is 1. The molecule has 0 aromatic carbocycles. The number of fused-ring (bicyclic) bond motifs is 1. The van der Waals surface area contributed by atoms with Gasteiger partial charge in [-0.2, -0.15) is 13.2 Å². The average molecular weight is 532 g/mol. The van der Waals surface area contributed by atoms with E-state index < -0.39 is 18.6 Å². The molecule has 0 spiro atoms. The molecule has 3 aromatic heterocycles. The highest BCUT2D eigenvalue weighted by atomic mass is 19.4. The third-order valence-corrected chi connectivity index (χ3v) is 7.22. The number of alkyl halides is 3. The summed E-state index contributed by atoms with van der Waals surface area (Å²) >= 11 is 0. The quantitative estimate of drug-likeness (QED) is 0.451. The van der Waals surface area contributed by atoms with E-state index in [4.69, 9.17) is 4.74 Å². The second-order valence-corrected chi connectivity index (χ2v) is 10.2. The molecule has 1 atom stereocenters. The van der Waals surface area contributed by atoms with Crippen LogP contribution in [-0.4, -0.2) is 67.5 Å². The maximum Gasteiger partial charge on any atom is 0.391 e. The zero-order valence-corrected chi connectivity index (χ0v) is 21.2. The van der Waals surface area contributed by atoms with Crippen molar-refractivity contribution in [3.05, 3.63) is 36.4 Å². The summed E-state index contributed by atoms with van der Waals surface area (Å²) in [6.07, 6.45) is 5.63. The Labute approximate surface area is 218 Å². The highest BCUT2D eigenvalue weighted by molar-refractivity contribution is 5.86. The number of halogens is 3. The first-order valence-corrected chi connectivity index (χ1v) is 13.1. The first kappa shape index (κ1) is 26.3. The molecule has 1 saturated carbocycles. The summed E-state index contributed by atoms with van der Waals surface area (Å²) in [6, 6.07) is 0.909. The zero-order valence-electron chi connectivity index (χ0n) is 21.2. The van der Waals surface area contributed by atoms with Crippen LogP contribution in [0.2, 0.25) is 0 Å². The van der Waals surface area contributed by atoms with E-state index in [1.54, 1.807) is 30.9 Å². The Morgan fingerprint density at radius 3 is 2.42 bits per heavy atom. The SMILES string of the molecule is C[C@@H](CC(F)(F)F)Nc1ncc2c(OC3CCN(c4ncccn4)CC3)ncc(C3CCC(O)CC3)c2n1. The minimum Gasteiger partial charge on any atom is -0.474 e. The van der Waals surface area contributed by atoms with E-state index >= 15 is 0 Å². The van der Waals surface area contributed by atoms with Crippen LogP contribution in [-0.2, 0) is 0 Å². The van der Waals surface area contributed by atoms with Crippen molar-refractivity contribution in [3.8, 4) is 5.88 Å². The molecule has 2 fully saturated rings. The summed E-state index contributed by atoms with van der Waals surface area (Å²) in [4.78, 5) is 24.4. The summed E-state index contributed by atoms with van der Waals surface area (Å²) in [7, 11) is 0. The molecule has 2 aliphatic rings. The van der Waals surface area contributed by atoms with E-state index in [2.05, 4.69) is 35.1 Å². The molecule has 0 amide bonds. The van der Waals surface area contributed by atoms with Crippen molar-refractivity contribution in [2.24, 2.45) is 0 Å². The van der Waals surface area contributed by atoms with Gasteiger partial charge in [-0.15, -0.1) is 0 Å². The molecule has 204 valence electrons. The molecule has 4 heterocycles. The van der Waals surface area contributed by atoms with E-state index in [0.29, 0.717) is 35.6 Å². The number of nitrogens with zero attached hydrogens (tertiary/aromatic N) is 6. The van der Waals surface area contributed by atoms with Crippen LogP contribution in [0, 0.1) is 0 Å². The largest absolute Gasteiger partial charge is 0.474 e. The lowest BCUT2D eigenvalue weighted by atomic mass is 9.83. The van der Waals surface area contributed by atoms with Gasteiger partial charge in [0, 0.05) is 62.3 Å². The summed E-state index contributed by atoms with van der Waals surface area (Å²) in [5.74, 6) is 1.40. The molecule has 1 aliphatic carbocycles. The number of rotatable bonds is 7. The Balaban J connectivity index is 1.37. The average Bonchev–Trinajstić information content (AvgIpc) is 2.89. The van der Waals surface area contributed by atoms with E-state index in [1.165, 1.54) is 6.92 Å². The van der Waals surface area contributed by atoms with Crippen molar-refractivity contribution in [2.45, 2.75) is 82.2 Å². The molecule has 12 heteroatoms. The molecular weight excluding hydrogens is 499 g/mol. The Kier molecular flexibility index (Phi) is 7.78. The second kappa shape index (κ2) is 11.2. The van der Waals surface area contributed by atoms with Crippen LogP contribution >= 0.6 is 0 Å². The molecule has 0 radical (unpaired) electrons. The number of anilines is 2. The summed E-state index contributed by atoms with van der Waals surface area (Å²) < 4.78 is 44.9. The Bertz CT molecular complexity index is 1210. The first-order chi connectivity index (χ1) is 18.2. The monoisotopic (exact) mass is 531 g/mol. The lowest BCUT2D eigenvalue weighted by Gasteiger charge is -2.32. The third-order valence-electron chi connectivity index (χ3n) is 7.22. The second-order valence-electron chi connectivity index (χ2n) is 10.2. The van der Waals surface area contributed by atoms with Gasteiger partial charge >= 0.3 is 6.18 Å². The van der Waals surface area contributed by atoms with Gasteiger partial charge in [-0.1, -0.05) is 0 Å². The molecule has 0 bridgehead atoms. The molecular formula is C26H32F3N7O2. The molecule has 0 unspecified atom stereocenters. The topological polar surface area (TPSA) is 109 Å². The molecule has 1 aliphatic heterocycles. The van der Waals surface area contributed by atoms with Crippen LogP contribution in [0.3, 0.4) is 0 Å². The number of pyridine rings is 1. The summed E-state index contributed by atoms with van der Waals surface area (Å²) in [6.45, 7) is 2.95. The fraction of sp³-hybridized carbons (Fsp3) is 0.577. The standard InChI is InChI=1S/C26H32F3N7O2/c1-16(13-26(27,28)29)34-24-33-15-21-22(35-24)20(17-3-5-18(37)6-4-17)14-32-23(21)38-19-7-11-36(12-8-19)25-30-9-2-10-31-25/h2,9-10,14-19,37H,3-8,11-13H2,1H3,(H,33,34,35)/t16-,17?,18?/m0/s1. The smallest absolute Gasteiger partial charge is 0.391 e. The number of nitrogens with one attached hydrogen (secondary N) is 1. The summed E-state index contributed by atoms with van der Waals surface area (Å²) in [5.41, 5.74) is 1.53. The fourth-order valence-corrected chi connectivity index (χ4v) is 5.27. The van der Waals surface area contributed by atoms with Crippen LogP contribution in [0.5, 0.6) is 5.88 Å². The van der Waals surface area contributed by atoms with Crippen LogP contribution in [0.15, 0.2) is 30.9 Å². The van der Waals surface area contributed by atoms with Crippen molar-refractivity contribution in [1.29, 1.82) is 0 Å². The Morgan fingerprint density at radius 2 is 1.74 bits per heavy atom. The predicted octanol–water partition coefficient (Wildman–Crippen LogP) is 4.63. The molecule has 2 N–H and O–H groups in total. The number of hydrogen-bond donors (Lipinski definition) is 2. The minimum absolute atomic E-state index is 0.0639. The predicted molar refractivity (Wildman–Crippen MR) is 136 cm³/mol. The molecule has 5 rings (SSSR count). The van der Waals surface area contributed by atoms with Crippen LogP contribution in [0.1, 0.15) is 63.4 Å². The van der Waals surface area contributed by atoms with E-state index in [0.717, 1.165) is 44.3 Å². The van der Waals surface area contributed by atoms with Crippen molar-refractivity contribution >= 4 is 22.8 Å². The van der Waals surface area contributed by atoms with Gasteiger partial charge < -0.3 is 20.1 Å². The number of ether oxygens (including phenoxy) is 1. The van der Waals surface area contributed by atoms with Crippen LogP contribution in [0.25, 0.3) is 10.9 Å². The number of aliphatic hydroxyl groups is 1. The maximum absolute atomic E-state index is 12.9. The zero-order chi connectivity index (χ0) is 26.7. The number of piperidine rings is 1. The summed E-state index contributed by atoms with van der Waals surface area (Å²) in [5, 5.41) is 13.4. The Morgan fingerprint density at radius 1 is 1.03 bits per heavy atom. The van der Waals surface area contributed by atoms with E-state index in [9.17, 15) is 18.3 Å². The highest BCUT2D eigenvalue weighted by Crippen LogP contribution is 2.38. The molecule has 9 nitrogen and oxygen atoms in total. The van der Waals surface area contributed by atoms with Crippen molar-refractivity contribution in [3.63, 3.8) is 0 Å². The molecule has 3 aromatic rings. The normalized spacial score (nSPS) is 21.9. The van der Waals surface area contributed by atoms with Gasteiger partial charge in [0.05, 0.1) is 23.4 Å². The Hall–Kier alpha value is -3.28. The van der Waals surface area contributed by atoms with Gasteiger partial charge in [-0.3, -0.25) is 0 Å². The van der Waals surface area contributed by atoms with Crippen molar-refractivity contribution < 1.29 is 23.0 Å². The number of aromatic nitrogens is 5. The van der Waals surface area contributed by atoms with Crippen molar-refractivity contribution in [1.82, 2.24) is 24.9 Å².